The van der Waals surface area contributed by atoms with E-state index in [9.17, 15) is 0 Å². The maximum absolute atomic E-state index is 5.90. The standard InChI is InChI=1S/C18H25NOS/c1-5-15-10-11-18(21-15)14(4)19-16-8-6-7-9-17(16)20-12-13(2)3/h6-11,13-14,19H,5,12H2,1-4H3. The molecule has 2 aromatic rings. The minimum atomic E-state index is 0.291. The maximum atomic E-state index is 5.90. The lowest BCUT2D eigenvalue weighted by Crippen LogP contribution is -2.09. The molecule has 0 amide bonds. The number of anilines is 1. The highest BCUT2D eigenvalue weighted by Crippen LogP contribution is 2.31. The fourth-order valence-electron chi connectivity index (χ4n) is 2.09. The van der Waals surface area contributed by atoms with Crippen LogP contribution >= 0.6 is 11.3 Å². The molecule has 1 aromatic carbocycles. The smallest absolute Gasteiger partial charge is 0.142 e. The van der Waals surface area contributed by atoms with Gasteiger partial charge in [-0.2, -0.15) is 0 Å². The van der Waals surface area contributed by atoms with Crippen molar-refractivity contribution in [2.24, 2.45) is 5.92 Å². The second-order valence-electron chi connectivity index (χ2n) is 5.72. The van der Waals surface area contributed by atoms with Crippen LogP contribution in [0.4, 0.5) is 5.69 Å². The number of hydrogen-bond donors (Lipinski definition) is 1. The first-order valence-corrected chi connectivity index (χ1v) is 8.48. The quantitative estimate of drug-likeness (QED) is 0.727. The van der Waals surface area contributed by atoms with Gasteiger partial charge in [0, 0.05) is 9.75 Å². The summed E-state index contributed by atoms with van der Waals surface area (Å²) in [6.45, 7) is 9.46. The molecule has 0 saturated carbocycles. The summed E-state index contributed by atoms with van der Waals surface area (Å²) < 4.78 is 5.90. The lowest BCUT2D eigenvalue weighted by atomic mass is 10.2. The van der Waals surface area contributed by atoms with Crippen molar-refractivity contribution in [3.63, 3.8) is 0 Å². The molecule has 1 N–H and O–H groups in total. The highest BCUT2D eigenvalue weighted by molar-refractivity contribution is 7.12. The van der Waals surface area contributed by atoms with Crippen LogP contribution < -0.4 is 10.1 Å². The average Bonchev–Trinajstić information content (AvgIpc) is 2.95. The van der Waals surface area contributed by atoms with E-state index in [4.69, 9.17) is 4.74 Å². The summed E-state index contributed by atoms with van der Waals surface area (Å²) in [6.07, 6.45) is 1.10. The van der Waals surface area contributed by atoms with Crippen molar-refractivity contribution in [2.75, 3.05) is 11.9 Å². The number of thiophene rings is 1. The molecule has 0 fully saturated rings. The highest BCUT2D eigenvalue weighted by atomic mass is 32.1. The van der Waals surface area contributed by atoms with E-state index >= 15 is 0 Å². The lowest BCUT2D eigenvalue weighted by Gasteiger charge is -2.18. The van der Waals surface area contributed by atoms with E-state index in [1.807, 2.05) is 29.5 Å². The number of aryl methyl sites for hydroxylation is 1. The van der Waals surface area contributed by atoms with Crippen LogP contribution in [0.1, 0.15) is 43.5 Å². The Kier molecular flexibility index (Phi) is 5.68. The summed E-state index contributed by atoms with van der Waals surface area (Å²) in [5.41, 5.74) is 1.07. The molecule has 1 heterocycles. The molecule has 0 aliphatic rings. The monoisotopic (exact) mass is 303 g/mol. The summed E-state index contributed by atoms with van der Waals surface area (Å²) in [5, 5.41) is 3.57. The van der Waals surface area contributed by atoms with Gasteiger partial charge in [0.1, 0.15) is 5.75 Å². The van der Waals surface area contributed by atoms with Crippen molar-refractivity contribution >= 4 is 17.0 Å². The zero-order valence-electron chi connectivity index (χ0n) is 13.3. The molecule has 2 nitrogen and oxygen atoms in total. The van der Waals surface area contributed by atoms with Crippen molar-refractivity contribution in [1.29, 1.82) is 0 Å². The van der Waals surface area contributed by atoms with Crippen LogP contribution in [0.15, 0.2) is 36.4 Å². The van der Waals surface area contributed by atoms with Crippen LogP contribution in [-0.4, -0.2) is 6.61 Å². The van der Waals surface area contributed by atoms with Crippen molar-refractivity contribution in [3.8, 4) is 5.75 Å². The molecule has 0 bridgehead atoms. The Hall–Kier alpha value is -1.48. The molecule has 3 heteroatoms. The third kappa shape index (κ3) is 4.50. The largest absolute Gasteiger partial charge is 0.491 e. The van der Waals surface area contributed by atoms with Gasteiger partial charge in [-0.1, -0.05) is 32.9 Å². The van der Waals surface area contributed by atoms with E-state index < -0.39 is 0 Å². The van der Waals surface area contributed by atoms with Gasteiger partial charge in [0.15, 0.2) is 0 Å². The van der Waals surface area contributed by atoms with Crippen LogP contribution in [0, 0.1) is 5.92 Å². The van der Waals surface area contributed by atoms with Crippen molar-refractivity contribution in [1.82, 2.24) is 0 Å². The van der Waals surface area contributed by atoms with E-state index in [2.05, 4.69) is 51.2 Å². The SMILES string of the molecule is CCc1ccc(C(C)Nc2ccccc2OCC(C)C)s1. The van der Waals surface area contributed by atoms with Gasteiger partial charge in [-0.25, -0.2) is 0 Å². The van der Waals surface area contributed by atoms with Gasteiger partial charge in [-0.3, -0.25) is 0 Å². The number of rotatable bonds is 7. The molecule has 1 atom stereocenters. The maximum Gasteiger partial charge on any atom is 0.142 e. The van der Waals surface area contributed by atoms with Gasteiger partial charge in [0.2, 0.25) is 0 Å². The third-order valence-corrected chi connectivity index (χ3v) is 4.70. The molecule has 1 aromatic heterocycles. The Bertz CT molecular complexity index is 562. The average molecular weight is 303 g/mol. The molecule has 1 unspecified atom stereocenters. The fourth-order valence-corrected chi connectivity index (χ4v) is 3.04. The fraction of sp³-hybridized carbons (Fsp3) is 0.444. The zero-order chi connectivity index (χ0) is 15.2. The summed E-state index contributed by atoms with van der Waals surface area (Å²) in [4.78, 5) is 2.80. The van der Waals surface area contributed by atoms with Crippen LogP contribution in [0.3, 0.4) is 0 Å². The minimum Gasteiger partial charge on any atom is -0.491 e. The van der Waals surface area contributed by atoms with Crippen molar-refractivity contribution < 1.29 is 4.74 Å². The molecule has 0 aliphatic carbocycles. The first-order chi connectivity index (χ1) is 10.1. The number of benzene rings is 1. The van der Waals surface area contributed by atoms with E-state index in [1.54, 1.807) is 0 Å². The first-order valence-electron chi connectivity index (χ1n) is 7.67. The van der Waals surface area contributed by atoms with Gasteiger partial charge in [-0.15, -0.1) is 11.3 Å². The van der Waals surface area contributed by atoms with Crippen LogP contribution in [0.5, 0.6) is 5.75 Å². The Morgan fingerprint density at radius 2 is 1.86 bits per heavy atom. The third-order valence-electron chi connectivity index (χ3n) is 3.29. The predicted molar refractivity (Wildman–Crippen MR) is 92.5 cm³/mol. The van der Waals surface area contributed by atoms with E-state index in [1.165, 1.54) is 9.75 Å². The second-order valence-corrected chi connectivity index (χ2v) is 6.92. The van der Waals surface area contributed by atoms with Gasteiger partial charge in [0.25, 0.3) is 0 Å². The summed E-state index contributed by atoms with van der Waals surface area (Å²) in [7, 11) is 0. The molecular weight excluding hydrogens is 278 g/mol. The van der Waals surface area contributed by atoms with Gasteiger partial charge >= 0.3 is 0 Å². The second kappa shape index (κ2) is 7.51. The minimum absolute atomic E-state index is 0.291. The molecule has 114 valence electrons. The lowest BCUT2D eigenvalue weighted by molar-refractivity contribution is 0.272. The molecule has 0 radical (unpaired) electrons. The van der Waals surface area contributed by atoms with Gasteiger partial charge in [0.05, 0.1) is 18.3 Å². The van der Waals surface area contributed by atoms with E-state index in [0.29, 0.717) is 12.0 Å². The number of nitrogens with one attached hydrogen (secondary N) is 1. The summed E-state index contributed by atoms with van der Waals surface area (Å²) in [6, 6.07) is 12.9. The molecule has 2 rings (SSSR count). The molecular formula is C18H25NOS. The highest BCUT2D eigenvalue weighted by Gasteiger charge is 2.11. The predicted octanol–water partition coefficient (Wildman–Crippen LogP) is 5.52. The van der Waals surface area contributed by atoms with Gasteiger partial charge in [-0.05, 0) is 43.5 Å². The van der Waals surface area contributed by atoms with Crippen molar-refractivity contribution in [2.45, 2.75) is 40.2 Å². The number of para-hydroxylation sites is 2. The number of ether oxygens (including phenoxy) is 1. The number of hydrogen-bond acceptors (Lipinski definition) is 3. The molecule has 0 aliphatic heterocycles. The molecule has 0 spiro atoms. The Morgan fingerprint density at radius 1 is 1.10 bits per heavy atom. The van der Waals surface area contributed by atoms with Crippen LogP contribution in [-0.2, 0) is 6.42 Å². The summed E-state index contributed by atoms with van der Waals surface area (Å²) >= 11 is 1.88. The first kappa shape index (κ1) is 15.9. The Morgan fingerprint density at radius 3 is 2.52 bits per heavy atom. The van der Waals surface area contributed by atoms with Crippen LogP contribution in [0.25, 0.3) is 0 Å². The zero-order valence-corrected chi connectivity index (χ0v) is 14.2. The Labute approximate surface area is 132 Å². The van der Waals surface area contributed by atoms with E-state index in [-0.39, 0.29) is 0 Å². The van der Waals surface area contributed by atoms with Crippen LogP contribution in [0.2, 0.25) is 0 Å². The van der Waals surface area contributed by atoms with Crippen molar-refractivity contribution in [3.05, 3.63) is 46.2 Å². The van der Waals surface area contributed by atoms with E-state index in [0.717, 1.165) is 24.5 Å². The Balaban J connectivity index is 2.07. The topological polar surface area (TPSA) is 21.3 Å². The summed E-state index contributed by atoms with van der Waals surface area (Å²) in [5.74, 6) is 1.46. The van der Waals surface area contributed by atoms with Gasteiger partial charge < -0.3 is 10.1 Å². The normalized spacial score (nSPS) is 12.4. The molecule has 21 heavy (non-hydrogen) atoms. The molecule has 0 saturated heterocycles.